The summed E-state index contributed by atoms with van der Waals surface area (Å²) in [5.74, 6) is 0.748. The standard InChI is InChI=1S/C16H23IO2/c1-13(8-9-16(17)14(2)10-18)11-19-12-15-6-4-3-5-7-15/h3-7,9,13-14,18H,8,10-12H2,1-2H3/b16-9+/t13-,14-/m1/s1. The highest BCUT2D eigenvalue weighted by atomic mass is 127. The van der Waals surface area contributed by atoms with Crippen LogP contribution in [0.3, 0.4) is 0 Å². The number of aliphatic hydroxyl groups excluding tert-OH is 1. The third-order valence-electron chi connectivity index (χ3n) is 2.97. The Morgan fingerprint density at radius 1 is 1.32 bits per heavy atom. The summed E-state index contributed by atoms with van der Waals surface area (Å²) < 4.78 is 6.95. The number of halogens is 1. The highest BCUT2D eigenvalue weighted by Crippen LogP contribution is 2.20. The largest absolute Gasteiger partial charge is 0.396 e. The fourth-order valence-electron chi connectivity index (χ4n) is 1.62. The molecule has 19 heavy (non-hydrogen) atoms. The smallest absolute Gasteiger partial charge is 0.0717 e. The summed E-state index contributed by atoms with van der Waals surface area (Å²) in [4.78, 5) is 0. The number of hydrogen-bond donors (Lipinski definition) is 1. The van der Waals surface area contributed by atoms with Crippen molar-refractivity contribution in [1.82, 2.24) is 0 Å². The third kappa shape index (κ3) is 7.09. The van der Waals surface area contributed by atoms with Gasteiger partial charge in [0.15, 0.2) is 0 Å². The minimum atomic E-state index is 0.216. The highest BCUT2D eigenvalue weighted by Gasteiger charge is 2.06. The molecule has 0 saturated carbocycles. The van der Waals surface area contributed by atoms with Crippen LogP contribution < -0.4 is 0 Å². The summed E-state index contributed by atoms with van der Waals surface area (Å²) in [5, 5.41) is 9.07. The second-order valence-corrected chi connectivity index (χ2v) is 6.26. The Hall–Kier alpha value is -0.390. The predicted octanol–water partition coefficient (Wildman–Crippen LogP) is 4.18. The van der Waals surface area contributed by atoms with Crippen LogP contribution in [0.5, 0.6) is 0 Å². The van der Waals surface area contributed by atoms with Crippen molar-refractivity contribution in [1.29, 1.82) is 0 Å². The first-order valence-corrected chi connectivity index (χ1v) is 7.79. The predicted molar refractivity (Wildman–Crippen MR) is 88.2 cm³/mol. The molecule has 0 aliphatic heterocycles. The van der Waals surface area contributed by atoms with Gasteiger partial charge in [-0.15, -0.1) is 0 Å². The van der Waals surface area contributed by atoms with E-state index in [4.69, 9.17) is 9.84 Å². The minimum absolute atomic E-state index is 0.216. The molecule has 0 bridgehead atoms. The lowest BCUT2D eigenvalue weighted by Gasteiger charge is -2.12. The molecule has 0 saturated heterocycles. The van der Waals surface area contributed by atoms with Crippen molar-refractivity contribution in [3.8, 4) is 0 Å². The van der Waals surface area contributed by atoms with Crippen molar-refractivity contribution < 1.29 is 9.84 Å². The molecular weight excluding hydrogens is 351 g/mol. The van der Waals surface area contributed by atoms with Gasteiger partial charge in [0.1, 0.15) is 0 Å². The van der Waals surface area contributed by atoms with Gasteiger partial charge in [-0.1, -0.05) is 50.3 Å². The van der Waals surface area contributed by atoms with Crippen LogP contribution in [-0.2, 0) is 11.3 Å². The van der Waals surface area contributed by atoms with E-state index in [9.17, 15) is 0 Å². The van der Waals surface area contributed by atoms with Gasteiger partial charge in [0.05, 0.1) is 13.2 Å². The molecule has 0 radical (unpaired) electrons. The highest BCUT2D eigenvalue weighted by molar-refractivity contribution is 14.1. The molecule has 0 aromatic heterocycles. The first-order chi connectivity index (χ1) is 9.13. The average molecular weight is 374 g/mol. The molecule has 0 aliphatic carbocycles. The minimum Gasteiger partial charge on any atom is -0.396 e. The van der Waals surface area contributed by atoms with Gasteiger partial charge in [-0.05, 0) is 44.1 Å². The molecule has 0 fully saturated rings. The summed E-state index contributed by atoms with van der Waals surface area (Å²) in [6.07, 6.45) is 3.20. The molecule has 0 spiro atoms. The number of rotatable bonds is 8. The van der Waals surface area contributed by atoms with Crippen molar-refractivity contribution in [3.05, 3.63) is 45.6 Å². The van der Waals surface area contributed by atoms with E-state index in [-0.39, 0.29) is 12.5 Å². The molecule has 1 N–H and O–H groups in total. The zero-order valence-corrected chi connectivity index (χ0v) is 13.8. The number of hydrogen-bond acceptors (Lipinski definition) is 2. The van der Waals surface area contributed by atoms with Crippen molar-refractivity contribution in [3.63, 3.8) is 0 Å². The lowest BCUT2D eigenvalue weighted by Crippen LogP contribution is -2.06. The summed E-state index contributed by atoms with van der Waals surface area (Å²) in [6.45, 7) is 5.89. The molecule has 0 unspecified atom stereocenters. The quantitative estimate of drug-likeness (QED) is 0.692. The van der Waals surface area contributed by atoms with Crippen LogP contribution in [0.15, 0.2) is 40.0 Å². The summed E-state index contributed by atoms with van der Waals surface area (Å²) in [6, 6.07) is 10.2. The zero-order chi connectivity index (χ0) is 14.1. The van der Waals surface area contributed by atoms with Crippen LogP contribution in [-0.4, -0.2) is 18.3 Å². The maximum atomic E-state index is 9.07. The van der Waals surface area contributed by atoms with Gasteiger partial charge in [0.2, 0.25) is 0 Å². The molecule has 2 nitrogen and oxygen atoms in total. The number of ether oxygens (including phenoxy) is 1. The van der Waals surface area contributed by atoms with Crippen molar-refractivity contribution in [2.24, 2.45) is 11.8 Å². The molecule has 0 heterocycles. The normalized spacial score (nSPS) is 15.3. The molecule has 1 rings (SSSR count). The Kier molecular flexibility index (Phi) is 8.34. The van der Waals surface area contributed by atoms with Gasteiger partial charge in [-0.3, -0.25) is 0 Å². The zero-order valence-electron chi connectivity index (χ0n) is 11.7. The van der Waals surface area contributed by atoms with Crippen molar-refractivity contribution in [2.75, 3.05) is 13.2 Å². The Labute approximate surface area is 130 Å². The molecule has 106 valence electrons. The molecule has 3 heteroatoms. The molecule has 0 aliphatic rings. The maximum Gasteiger partial charge on any atom is 0.0717 e. The van der Waals surface area contributed by atoms with Crippen LogP contribution in [0, 0.1) is 11.8 Å². The lowest BCUT2D eigenvalue weighted by atomic mass is 10.1. The first kappa shape index (κ1) is 16.7. The monoisotopic (exact) mass is 374 g/mol. The van der Waals surface area contributed by atoms with Crippen LogP contribution in [0.25, 0.3) is 0 Å². The number of allylic oxidation sites excluding steroid dienone is 1. The van der Waals surface area contributed by atoms with Crippen molar-refractivity contribution in [2.45, 2.75) is 26.9 Å². The second-order valence-electron chi connectivity index (χ2n) is 5.01. The van der Waals surface area contributed by atoms with Crippen LogP contribution in [0.1, 0.15) is 25.8 Å². The van der Waals surface area contributed by atoms with E-state index in [0.29, 0.717) is 12.5 Å². The summed E-state index contributed by atoms with van der Waals surface area (Å²) >= 11 is 2.31. The van der Waals surface area contributed by atoms with E-state index in [1.807, 2.05) is 25.1 Å². The number of aliphatic hydroxyl groups is 1. The summed E-state index contributed by atoms with van der Waals surface area (Å²) in [5.41, 5.74) is 1.22. The molecule has 0 amide bonds. The van der Waals surface area contributed by atoms with E-state index in [2.05, 4.69) is 47.7 Å². The Morgan fingerprint density at radius 2 is 2.00 bits per heavy atom. The van der Waals surface area contributed by atoms with E-state index in [0.717, 1.165) is 13.0 Å². The summed E-state index contributed by atoms with van der Waals surface area (Å²) in [7, 11) is 0. The van der Waals surface area contributed by atoms with E-state index < -0.39 is 0 Å². The van der Waals surface area contributed by atoms with Crippen LogP contribution in [0.4, 0.5) is 0 Å². The van der Waals surface area contributed by atoms with E-state index in [1.165, 1.54) is 9.14 Å². The lowest BCUT2D eigenvalue weighted by molar-refractivity contribution is 0.0928. The van der Waals surface area contributed by atoms with Gasteiger partial charge >= 0.3 is 0 Å². The first-order valence-electron chi connectivity index (χ1n) is 6.71. The van der Waals surface area contributed by atoms with Crippen LogP contribution >= 0.6 is 22.6 Å². The average Bonchev–Trinajstić information content (AvgIpc) is 2.45. The fraction of sp³-hybridized carbons (Fsp3) is 0.500. The third-order valence-corrected chi connectivity index (χ3v) is 4.48. The van der Waals surface area contributed by atoms with Gasteiger partial charge in [0.25, 0.3) is 0 Å². The van der Waals surface area contributed by atoms with Gasteiger partial charge in [0, 0.05) is 12.5 Å². The van der Waals surface area contributed by atoms with Gasteiger partial charge in [-0.2, -0.15) is 0 Å². The Bertz CT molecular complexity index is 376. The Balaban J connectivity index is 2.23. The van der Waals surface area contributed by atoms with Gasteiger partial charge in [-0.25, -0.2) is 0 Å². The SMILES string of the molecule is C[C@H](C/C=C(/I)[C@H](C)CO)COCc1ccccc1. The van der Waals surface area contributed by atoms with Gasteiger partial charge < -0.3 is 9.84 Å². The van der Waals surface area contributed by atoms with E-state index in [1.54, 1.807) is 0 Å². The number of benzene rings is 1. The van der Waals surface area contributed by atoms with Crippen molar-refractivity contribution >= 4 is 22.6 Å². The molecule has 1 aromatic rings. The van der Waals surface area contributed by atoms with E-state index >= 15 is 0 Å². The maximum absolute atomic E-state index is 9.07. The molecule has 1 aromatic carbocycles. The Morgan fingerprint density at radius 3 is 2.63 bits per heavy atom. The molecule has 2 atom stereocenters. The molecular formula is C16H23IO2. The fourth-order valence-corrected chi connectivity index (χ4v) is 2.07. The van der Waals surface area contributed by atoms with Crippen LogP contribution in [0.2, 0.25) is 0 Å². The topological polar surface area (TPSA) is 29.5 Å². The second kappa shape index (κ2) is 9.50.